The Labute approximate surface area is 72.3 Å². The average molecular weight is 166 g/mol. The van der Waals surface area contributed by atoms with Gasteiger partial charge in [-0.05, 0) is 38.0 Å². The lowest BCUT2D eigenvalue weighted by Gasteiger charge is -2.24. The van der Waals surface area contributed by atoms with Crippen LogP contribution >= 0.6 is 0 Å². The van der Waals surface area contributed by atoms with Crippen LogP contribution in [0.2, 0.25) is 0 Å². The van der Waals surface area contributed by atoms with E-state index in [0.29, 0.717) is 5.92 Å². The molecule has 1 fully saturated rings. The van der Waals surface area contributed by atoms with Gasteiger partial charge in [-0.2, -0.15) is 0 Å². The number of rotatable bonds is 1. The summed E-state index contributed by atoms with van der Waals surface area (Å²) in [5, 5.41) is 8.96. The van der Waals surface area contributed by atoms with Gasteiger partial charge in [0.05, 0.1) is 5.92 Å². The zero-order valence-electron chi connectivity index (χ0n) is 7.12. The maximum absolute atomic E-state index is 10.9. The Morgan fingerprint density at radius 3 is 3.08 bits per heavy atom. The van der Waals surface area contributed by atoms with Crippen LogP contribution < -0.4 is 0 Å². The van der Waals surface area contributed by atoms with E-state index in [0.717, 1.165) is 25.7 Å². The Kier molecular flexibility index (Phi) is 1.91. The van der Waals surface area contributed by atoms with Gasteiger partial charge in [0.25, 0.3) is 0 Å². The third kappa shape index (κ3) is 1.15. The molecule has 2 aliphatic carbocycles. The lowest BCUT2D eigenvalue weighted by Crippen LogP contribution is -2.24. The van der Waals surface area contributed by atoms with Crippen LogP contribution in [-0.2, 0) is 4.79 Å². The number of carboxylic acids is 1. The van der Waals surface area contributed by atoms with Crippen LogP contribution in [0.25, 0.3) is 0 Å². The standard InChI is InChI=1S/C10H14O2/c11-10(12)9-6-2-4-7-3-1-5-8(7)9/h4,8-9H,1-3,5-6H2,(H,11,12). The van der Waals surface area contributed by atoms with E-state index in [9.17, 15) is 4.79 Å². The summed E-state index contributed by atoms with van der Waals surface area (Å²) in [4.78, 5) is 10.9. The summed E-state index contributed by atoms with van der Waals surface area (Å²) in [6.45, 7) is 0. The fourth-order valence-corrected chi connectivity index (χ4v) is 2.55. The third-order valence-corrected chi connectivity index (χ3v) is 3.14. The number of aliphatic carboxylic acids is 1. The lowest BCUT2D eigenvalue weighted by molar-refractivity contribution is -0.143. The second-order valence-electron chi connectivity index (χ2n) is 3.80. The second-order valence-corrected chi connectivity index (χ2v) is 3.80. The molecule has 2 rings (SSSR count). The van der Waals surface area contributed by atoms with Gasteiger partial charge in [-0.3, -0.25) is 4.79 Å². The second kappa shape index (κ2) is 2.92. The largest absolute Gasteiger partial charge is 0.481 e. The summed E-state index contributed by atoms with van der Waals surface area (Å²) in [7, 11) is 0. The lowest BCUT2D eigenvalue weighted by atomic mass is 9.80. The van der Waals surface area contributed by atoms with Crippen molar-refractivity contribution in [1.82, 2.24) is 0 Å². The molecule has 0 bridgehead atoms. The van der Waals surface area contributed by atoms with Gasteiger partial charge in [0, 0.05) is 0 Å². The molecule has 1 saturated carbocycles. The zero-order valence-corrected chi connectivity index (χ0v) is 7.12. The topological polar surface area (TPSA) is 37.3 Å². The highest BCUT2D eigenvalue weighted by Gasteiger charge is 2.35. The SMILES string of the molecule is O=C(O)C1CCC=C2CCCC21. The van der Waals surface area contributed by atoms with Gasteiger partial charge in [0.1, 0.15) is 0 Å². The first-order valence-electron chi connectivity index (χ1n) is 4.71. The Morgan fingerprint density at radius 2 is 2.33 bits per heavy atom. The molecule has 2 heteroatoms. The molecular formula is C10H14O2. The van der Waals surface area contributed by atoms with E-state index >= 15 is 0 Å². The summed E-state index contributed by atoms with van der Waals surface area (Å²) in [5.74, 6) is -0.281. The Bertz CT molecular complexity index is 230. The first-order chi connectivity index (χ1) is 5.79. The normalized spacial score (nSPS) is 34.2. The average Bonchev–Trinajstić information content (AvgIpc) is 2.49. The molecule has 0 aromatic carbocycles. The molecule has 2 nitrogen and oxygen atoms in total. The molecule has 0 aromatic rings. The molecule has 0 saturated heterocycles. The number of carbonyl (C=O) groups is 1. The molecule has 2 unspecified atom stereocenters. The van der Waals surface area contributed by atoms with Crippen molar-refractivity contribution in [3.63, 3.8) is 0 Å². The van der Waals surface area contributed by atoms with Gasteiger partial charge in [-0.25, -0.2) is 0 Å². The molecule has 2 atom stereocenters. The Morgan fingerprint density at radius 1 is 1.50 bits per heavy atom. The minimum Gasteiger partial charge on any atom is -0.481 e. The molecule has 66 valence electrons. The zero-order chi connectivity index (χ0) is 8.55. The fraction of sp³-hybridized carbons (Fsp3) is 0.700. The van der Waals surface area contributed by atoms with Crippen LogP contribution in [0.4, 0.5) is 0 Å². The Hall–Kier alpha value is -0.790. The smallest absolute Gasteiger partial charge is 0.307 e. The monoisotopic (exact) mass is 166 g/mol. The van der Waals surface area contributed by atoms with Crippen LogP contribution in [0, 0.1) is 11.8 Å². The van der Waals surface area contributed by atoms with E-state index < -0.39 is 5.97 Å². The van der Waals surface area contributed by atoms with E-state index in [1.807, 2.05) is 0 Å². The van der Waals surface area contributed by atoms with Gasteiger partial charge in [-0.15, -0.1) is 0 Å². The maximum Gasteiger partial charge on any atom is 0.307 e. The van der Waals surface area contributed by atoms with Crippen LogP contribution in [-0.4, -0.2) is 11.1 Å². The molecule has 0 amide bonds. The highest BCUT2D eigenvalue weighted by molar-refractivity contribution is 5.71. The van der Waals surface area contributed by atoms with Crippen molar-refractivity contribution >= 4 is 5.97 Å². The van der Waals surface area contributed by atoms with E-state index in [4.69, 9.17) is 5.11 Å². The molecule has 0 spiro atoms. The third-order valence-electron chi connectivity index (χ3n) is 3.14. The van der Waals surface area contributed by atoms with E-state index in [2.05, 4.69) is 6.08 Å². The van der Waals surface area contributed by atoms with Crippen molar-refractivity contribution in [2.45, 2.75) is 32.1 Å². The van der Waals surface area contributed by atoms with Crippen LogP contribution in [0.3, 0.4) is 0 Å². The molecule has 1 N–H and O–H groups in total. The number of carboxylic acid groups (broad SMARTS) is 1. The van der Waals surface area contributed by atoms with E-state index in [-0.39, 0.29) is 5.92 Å². The highest BCUT2D eigenvalue weighted by atomic mass is 16.4. The predicted molar refractivity (Wildman–Crippen MR) is 45.8 cm³/mol. The summed E-state index contributed by atoms with van der Waals surface area (Å²) >= 11 is 0. The highest BCUT2D eigenvalue weighted by Crippen LogP contribution is 2.41. The van der Waals surface area contributed by atoms with Gasteiger partial charge in [-0.1, -0.05) is 11.6 Å². The van der Waals surface area contributed by atoms with Crippen molar-refractivity contribution in [3.8, 4) is 0 Å². The fourth-order valence-electron chi connectivity index (χ4n) is 2.55. The van der Waals surface area contributed by atoms with Crippen LogP contribution in [0.5, 0.6) is 0 Å². The molecule has 0 aromatic heterocycles. The van der Waals surface area contributed by atoms with Gasteiger partial charge < -0.3 is 5.11 Å². The quantitative estimate of drug-likeness (QED) is 0.606. The number of hydrogen-bond acceptors (Lipinski definition) is 1. The van der Waals surface area contributed by atoms with Crippen molar-refractivity contribution in [2.75, 3.05) is 0 Å². The number of allylic oxidation sites excluding steroid dienone is 2. The molecular weight excluding hydrogens is 152 g/mol. The summed E-state index contributed by atoms with van der Waals surface area (Å²) in [6, 6.07) is 0. The summed E-state index contributed by atoms with van der Waals surface area (Å²) in [6.07, 6.45) is 7.53. The minimum absolute atomic E-state index is 0.0764. The minimum atomic E-state index is -0.590. The van der Waals surface area contributed by atoms with E-state index in [1.54, 1.807) is 0 Å². The maximum atomic E-state index is 10.9. The van der Waals surface area contributed by atoms with Crippen molar-refractivity contribution < 1.29 is 9.90 Å². The molecule has 0 aliphatic heterocycles. The molecule has 0 radical (unpaired) electrons. The van der Waals surface area contributed by atoms with Gasteiger partial charge in [0.2, 0.25) is 0 Å². The number of hydrogen-bond donors (Lipinski definition) is 1. The molecule has 2 aliphatic rings. The van der Waals surface area contributed by atoms with Gasteiger partial charge in [0.15, 0.2) is 0 Å². The van der Waals surface area contributed by atoms with Crippen LogP contribution in [0.1, 0.15) is 32.1 Å². The van der Waals surface area contributed by atoms with Crippen molar-refractivity contribution in [1.29, 1.82) is 0 Å². The first kappa shape index (κ1) is 7.84. The molecule has 0 heterocycles. The predicted octanol–water partition coefficient (Wildman–Crippen LogP) is 2.21. The van der Waals surface area contributed by atoms with Gasteiger partial charge >= 0.3 is 5.97 Å². The molecule has 12 heavy (non-hydrogen) atoms. The van der Waals surface area contributed by atoms with E-state index in [1.165, 1.54) is 12.0 Å². The first-order valence-corrected chi connectivity index (χ1v) is 4.71. The van der Waals surface area contributed by atoms with Crippen molar-refractivity contribution in [3.05, 3.63) is 11.6 Å². The summed E-state index contributed by atoms with van der Waals surface area (Å²) < 4.78 is 0. The summed E-state index contributed by atoms with van der Waals surface area (Å²) in [5.41, 5.74) is 1.42. The van der Waals surface area contributed by atoms with Crippen LogP contribution in [0.15, 0.2) is 11.6 Å². The number of fused-ring (bicyclic) bond motifs is 1. The Balaban J connectivity index is 2.19. The van der Waals surface area contributed by atoms with Crippen molar-refractivity contribution in [2.24, 2.45) is 11.8 Å².